The van der Waals surface area contributed by atoms with Crippen LogP contribution in [0.4, 0.5) is 13.2 Å². The molecule has 0 radical (unpaired) electrons. The van der Waals surface area contributed by atoms with Gasteiger partial charge in [-0.3, -0.25) is 0 Å². The molecule has 4 saturated carbocycles. The lowest BCUT2D eigenvalue weighted by molar-refractivity contribution is -0.282. The van der Waals surface area contributed by atoms with Gasteiger partial charge in [-0.2, -0.15) is 13.2 Å². The minimum absolute atomic E-state index is 0.0469. The molecule has 0 amide bonds. The van der Waals surface area contributed by atoms with Crippen LogP contribution in [0, 0.1) is 35.0 Å². The van der Waals surface area contributed by atoms with Gasteiger partial charge < -0.3 is 9.84 Å². The molecule has 0 saturated heterocycles. The zero-order valence-electron chi connectivity index (χ0n) is 15.3. The minimum atomic E-state index is -4.49. The highest BCUT2D eigenvalue weighted by molar-refractivity contribution is 5.08. The third-order valence-corrected chi connectivity index (χ3v) is 8.74. The van der Waals surface area contributed by atoms with Crippen molar-refractivity contribution in [1.82, 2.24) is 0 Å². The first-order valence-electron chi connectivity index (χ1n) is 10.0. The van der Waals surface area contributed by atoms with E-state index in [1.165, 1.54) is 6.42 Å². The zero-order chi connectivity index (χ0) is 18.0. The zero-order valence-corrected chi connectivity index (χ0v) is 15.3. The molecule has 0 aromatic rings. The highest BCUT2D eigenvalue weighted by Gasteiger charge is 2.61. The third kappa shape index (κ3) is 2.59. The molecule has 144 valence electrons. The number of aliphatic hydroxyl groups is 1. The Bertz CT molecular complexity index is 522. The lowest BCUT2D eigenvalue weighted by Crippen LogP contribution is -2.55. The maximum Gasteiger partial charge on any atom is 0.417 e. The molecule has 4 aliphatic carbocycles. The van der Waals surface area contributed by atoms with Crippen LogP contribution in [0.15, 0.2) is 0 Å². The Hall–Kier alpha value is -0.290. The van der Waals surface area contributed by atoms with Crippen LogP contribution in [0.1, 0.15) is 64.7 Å². The van der Waals surface area contributed by atoms with E-state index in [0.717, 1.165) is 32.1 Å². The van der Waals surface area contributed by atoms with Crippen LogP contribution >= 0.6 is 0 Å². The first-order chi connectivity index (χ1) is 11.7. The fraction of sp³-hybridized carbons (Fsp3) is 1.00. The van der Waals surface area contributed by atoms with E-state index in [0.29, 0.717) is 36.2 Å². The molecule has 2 nitrogen and oxygen atoms in total. The Morgan fingerprint density at radius 1 is 0.920 bits per heavy atom. The highest BCUT2D eigenvalue weighted by Crippen LogP contribution is 2.64. The van der Waals surface area contributed by atoms with Crippen LogP contribution < -0.4 is 0 Å². The number of hydrogen-bond donors (Lipinski definition) is 1. The second-order valence-electron chi connectivity index (χ2n) is 9.55. The number of rotatable bonds is 1. The van der Waals surface area contributed by atoms with E-state index in [2.05, 4.69) is 6.92 Å². The summed E-state index contributed by atoms with van der Waals surface area (Å²) < 4.78 is 45.6. The fourth-order valence-electron chi connectivity index (χ4n) is 7.47. The summed E-state index contributed by atoms with van der Waals surface area (Å²) in [6.07, 6.45) is 2.71. The SMILES string of the molecule is CO[C@H]1CC[C@H]2[C@@H]3CC[C@@H]4C[C@@](O)(C(F)(F)F)CC[C@@H]4[C@H]3CC[C@]12C. The number of halogens is 3. The van der Waals surface area contributed by atoms with Crippen molar-refractivity contribution in [1.29, 1.82) is 0 Å². The molecule has 0 spiro atoms. The summed E-state index contributed by atoms with van der Waals surface area (Å²) in [6.45, 7) is 2.38. The Labute approximate surface area is 148 Å². The molecular weight excluding hydrogens is 329 g/mol. The van der Waals surface area contributed by atoms with Gasteiger partial charge in [0.05, 0.1) is 6.10 Å². The van der Waals surface area contributed by atoms with E-state index < -0.39 is 11.8 Å². The van der Waals surface area contributed by atoms with Gasteiger partial charge >= 0.3 is 6.18 Å². The van der Waals surface area contributed by atoms with E-state index in [9.17, 15) is 18.3 Å². The van der Waals surface area contributed by atoms with Crippen molar-refractivity contribution in [2.45, 2.75) is 82.6 Å². The first kappa shape index (κ1) is 18.1. The normalized spacial score (nSPS) is 53.0. The predicted molar refractivity (Wildman–Crippen MR) is 88.9 cm³/mol. The molecule has 4 aliphatic rings. The lowest BCUT2D eigenvalue weighted by atomic mass is 9.49. The van der Waals surface area contributed by atoms with E-state index in [1.54, 1.807) is 0 Å². The van der Waals surface area contributed by atoms with Gasteiger partial charge in [-0.1, -0.05) is 6.92 Å². The molecule has 0 aliphatic heterocycles. The van der Waals surface area contributed by atoms with Crippen LogP contribution in [0.2, 0.25) is 0 Å². The molecule has 0 heterocycles. The summed E-state index contributed by atoms with van der Waals surface area (Å²) in [6, 6.07) is 0. The van der Waals surface area contributed by atoms with Crippen molar-refractivity contribution in [2.75, 3.05) is 7.11 Å². The quantitative estimate of drug-likeness (QED) is 0.717. The van der Waals surface area contributed by atoms with Gasteiger partial charge in [-0.05, 0) is 92.8 Å². The smallest absolute Gasteiger partial charge is 0.381 e. The van der Waals surface area contributed by atoms with Crippen LogP contribution in [0.3, 0.4) is 0 Å². The van der Waals surface area contributed by atoms with Crippen LogP contribution in [-0.4, -0.2) is 30.1 Å². The molecule has 4 rings (SSSR count). The minimum Gasteiger partial charge on any atom is -0.381 e. The van der Waals surface area contributed by atoms with Crippen molar-refractivity contribution in [3.8, 4) is 0 Å². The Kier molecular flexibility index (Phi) is 4.24. The number of methoxy groups -OCH3 is 1. The Morgan fingerprint density at radius 2 is 1.64 bits per heavy atom. The summed E-state index contributed by atoms with van der Waals surface area (Å²) in [5.74, 6) is 2.31. The van der Waals surface area contributed by atoms with Crippen LogP contribution in [0.25, 0.3) is 0 Å². The fourth-order valence-corrected chi connectivity index (χ4v) is 7.47. The van der Waals surface area contributed by atoms with Crippen molar-refractivity contribution >= 4 is 0 Å². The molecule has 0 aromatic heterocycles. The predicted octanol–water partition coefficient (Wildman–Crippen LogP) is 4.95. The topological polar surface area (TPSA) is 29.5 Å². The number of fused-ring (bicyclic) bond motifs is 5. The molecule has 4 fully saturated rings. The third-order valence-electron chi connectivity index (χ3n) is 8.74. The summed E-state index contributed by atoms with van der Waals surface area (Å²) in [7, 11) is 1.82. The molecule has 0 bridgehead atoms. The second-order valence-corrected chi connectivity index (χ2v) is 9.55. The van der Waals surface area contributed by atoms with E-state index in [-0.39, 0.29) is 24.2 Å². The summed E-state index contributed by atoms with van der Waals surface area (Å²) in [5.41, 5.74) is -2.19. The van der Waals surface area contributed by atoms with Gasteiger partial charge in [-0.25, -0.2) is 0 Å². The first-order valence-corrected chi connectivity index (χ1v) is 10.0. The van der Waals surface area contributed by atoms with Gasteiger partial charge in [0.2, 0.25) is 0 Å². The average molecular weight is 360 g/mol. The van der Waals surface area contributed by atoms with Crippen molar-refractivity contribution in [3.63, 3.8) is 0 Å². The van der Waals surface area contributed by atoms with Crippen LogP contribution in [0.5, 0.6) is 0 Å². The maximum atomic E-state index is 13.3. The van der Waals surface area contributed by atoms with Gasteiger partial charge in [0, 0.05) is 7.11 Å². The van der Waals surface area contributed by atoms with Crippen molar-refractivity contribution in [3.05, 3.63) is 0 Å². The largest absolute Gasteiger partial charge is 0.417 e. The summed E-state index contributed by atoms with van der Waals surface area (Å²) in [4.78, 5) is 0. The number of hydrogen-bond acceptors (Lipinski definition) is 2. The molecule has 25 heavy (non-hydrogen) atoms. The van der Waals surface area contributed by atoms with E-state index in [1.807, 2.05) is 7.11 Å². The molecule has 0 aromatic carbocycles. The van der Waals surface area contributed by atoms with Gasteiger partial charge in [-0.15, -0.1) is 0 Å². The molecule has 5 heteroatoms. The van der Waals surface area contributed by atoms with Crippen LogP contribution in [-0.2, 0) is 4.74 Å². The van der Waals surface area contributed by atoms with Gasteiger partial charge in [0.15, 0.2) is 5.60 Å². The molecule has 8 atom stereocenters. The van der Waals surface area contributed by atoms with Crippen molar-refractivity contribution in [2.24, 2.45) is 35.0 Å². The Balaban J connectivity index is 1.52. The summed E-state index contributed by atoms with van der Waals surface area (Å²) >= 11 is 0. The van der Waals surface area contributed by atoms with Crippen molar-refractivity contribution < 1.29 is 23.0 Å². The average Bonchev–Trinajstić information content (AvgIpc) is 2.89. The summed E-state index contributed by atoms with van der Waals surface area (Å²) in [5, 5.41) is 10.2. The number of alkyl halides is 3. The van der Waals surface area contributed by atoms with Gasteiger partial charge in [0.1, 0.15) is 0 Å². The number of ether oxygens (including phenoxy) is 1. The molecule has 1 N–H and O–H groups in total. The Morgan fingerprint density at radius 3 is 2.32 bits per heavy atom. The van der Waals surface area contributed by atoms with E-state index >= 15 is 0 Å². The second kappa shape index (κ2) is 5.85. The standard InChI is InChI=1S/C20H31F3O2/c1-18-9-7-14-13-8-10-19(24,20(21,22)23)11-12(13)3-4-15(14)16(18)5-6-17(18)25-2/h12-17,24H,3-11H2,1-2H3/t12-,13+,14-,15-,16+,17+,18+,19-/m1/s1. The lowest BCUT2D eigenvalue weighted by Gasteiger charge is -2.57. The van der Waals surface area contributed by atoms with E-state index in [4.69, 9.17) is 4.74 Å². The monoisotopic (exact) mass is 360 g/mol. The maximum absolute atomic E-state index is 13.3. The highest BCUT2D eigenvalue weighted by atomic mass is 19.4. The molecular formula is C20H31F3O2. The van der Waals surface area contributed by atoms with Gasteiger partial charge in [0.25, 0.3) is 0 Å². The molecule has 0 unspecified atom stereocenters.